The first-order chi connectivity index (χ1) is 13.6. The largest absolute Gasteiger partial charge is 0.465 e. The molecule has 1 aromatic heterocycles. The molecule has 0 unspecified atom stereocenters. The second-order valence-electron chi connectivity index (χ2n) is 6.30. The maximum Gasteiger partial charge on any atom is 0.321 e. The fourth-order valence-corrected chi connectivity index (χ4v) is 3.67. The van der Waals surface area contributed by atoms with Gasteiger partial charge in [-0.25, -0.2) is 0 Å². The molecule has 0 spiro atoms. The molecule has 0 radical (unpaired) electrons. The standard InChI is InChI=1S/C22H22BrNO4/c1-3-27-21(25)20(22(26)28-4-2)19(14-9-11-15(23)12-10-14)17-13-24-18-8-6-5-7-16(17)18/h5-13,19-20,24H,3-4H2,1-2H3/t19-/m0/s1. The second-order valence-corrected chi connectivity index (χ2v) is 7.22. The number of para-hydroxylation sites is 1. The van der Waals surface area contributed by atoms with E-state index in [1.165, 1.54) is 0 Å². The molecule has 2 aromatic carbocycles. The summed E-state index contributed by atoms with van der Waals surface area (Å²) < 4.78 is 11.4. The minimum absolute atomic E-state index is 0.190. The van der Waals surface area contributed by atoms with Crippen LogP contribution in [0.3, 0.4) is 0 Å². The lowest BCUT2D eigenvalue weighted by Gasteiger charge is -2.25. The summed E-state index contributed by atoms with van der Waals surface area (Å²) >= 11 is 3.44. The van der Waals surface area contributed by atoms with E-state index in [-0.39, 0.29) is 13.2 Å². The lowest BCUT2D eigenvalue weighted by molar-refractivity contribution is -0.162. The number of H-pyrrole nitrogens is 1. The number of aromatic nitrogens is 1. The van der Waals surface area contributed by atoms with Gasteiger partial charge in [0.1, 0.15) is 0 Å². The van der Waals surface area contributed by atoms with Crippen LogP contribution in [-0.4, -0.2) is 30.1 Å². The zero-order valence-electron chi connectivity index (χ0n) is 15.8. The molecule has 0 bridgehead atoms. The molecule has 6 heteroatoms. The van der Waals surface area contributed by atoms with Crippen molar-refractivity contribution in [1.29, 1.82) is 0 Å². The number of hydrogen-bond donors (Lipinski definition) is 1. The van der Waals surface area contributed by atoms with Gasteiger partial charge in [-0.2, -0.15) is 0 Å². The van der Waals surface area contributed by atoms with Gasteiger partial charge in [0.25, 0.3) is 0 Å². The van der Waals surface area contributed by atoms with Gasteiger partial charge >= 0.3 is 11.9 Å². The molecule has 0 aliphatic carbocycles. The number of aromatic amines is 1. The van der Waals surface area contributed by atoms with Gasteiger partial charge in [-0.15, -0.1) is 0 Å². The van der Waals surface area contributed by atoms with Crippen LogP contribution >= 0.6 is 15.9 Å². The summed E-state index contributed by atoms with van der Waals surface area (Å²) in [5.74, 6) is -2.80. The van der Waals surface area contributed by atoms with Crippen LogP contribution < -0.4 is 0 Å². The number of fused-ring (bicyclic) bond motifs is 1. The van der Waals surface area contributed by atoms with Crippen molar-refractivity contribution >= 4 is 38.8 Å². The number of halogens is 1. The highest BCUT2D eigenvalue weighted by Crippen LogP contribution is 2.38. The lowest BCUT2D eigenvalue weighted by Crippen LogP contribution is -2.34. The molecule has 5 nitrogen and oxygen atoms in total. The van der Waals surface area contributed by atoms with Crippen molar-refractivity contribution in [1.82, 2.24) is 4.98 Å². The van der Waals surface area contributed by atoms with Crippen molar-refractivity contribution in [3.63, 3.8) is 0 Å². The van der Waals surface area contributed by atoms with E-state index in [9.17, 15) is 9.59 Å². The van der Waals surface area contributed by atoms with Crippen molar-refractivity contribution in [3.05, 3.63) is 70.3 Å². The van der Waals surface area contributed by atoms with E-state index in [0.717, 1.165) is 26.5 Å². The predicted molar refractivity (Wildman–Crippen MR) is 111 cm³/mol. The van der Waals surface area contributed by atoms with Crippen molar-refractivity contribution in [2.45, 2.75) is 19.8 Å². The number of carbonyl (C=O) groups excluding carboxylic acids is 2. The molecule has 0 saturated heterocycles. The molecule has 3 rings (SSSR count). The van der Waals surface area contributed by atoms with Crippen LogP contribution in [-0.2, 0) is 19.1 Å². The van der Waals surface area contributed by atoms with Crippen molar-refractivity contribution < 1.29 is 19.1 Å². The third kappa shape index (κ3) is 4.12. The van der Waals surface area contributed by atoms with Crippen LogP contribution in [0.25, 0.3) is 10.9 Å². The number of rotatable bonds is 7. The van der Waals surface area contributed by atoms with Gasteiger partial charge < -0.3 is 14.5 Å². The first-order valence-electron chi connectivity index (χ1n) is 9.21. The fourth-order valence-electron chi connectivity index (χ4n) is 3.41. The fraction of sp³-hybridized carbons (Fsp3) is 0.273. The first-order valence-corrected chi connectivity index (χ1v) is 10.0. The molecular weight excluding hydrogens is 422 g/mol. The molecular formula is C22H22BrNO4. The Morgan fingerprint density at radius 1 is 0.964 bits per heavy atom. The molecule has 146 valence electrons. The van der Waals surface area contributed by atoms with E-state index in [1.54, 1.807) is 13.8 Å². The predicted octanol–water partition coefficient (Wildman–Crippen LogP) is 4.80. The van der Waals surface area contributed by atoms with Crippen LogP contribution in [0.2, 0.25) is 0 Å². The van der Waals surface area contributed by atoms with Crippen LogP contribution in [0.1, 0.15) is 30.9 Å². The molecule has 28 heavy (non-hydrogen) atoms. The molecule has 1 N–H and O–H groups in total. The van der Waals surface area contributed by atoms with Crippen LogP contribution in [0.15, 0.2) is 59.2 Å². The van der Waals surface area contributed by atoms with E-state index >= 15 is 0 Å². The summed E-state index contributed by atoms with van der Waals surface area (Å²) in [5.41, 5.74) is 2.62. The molecule has 1 heterocycles. The Hall–Kier alpha value is -2.60. The highest BCUT2D eigenvalue weighted by molar-refractivity contribution is 9.10. The highest BCUT2D eigenvalue weighted by atomic mass is 79.9. The molecule has 0 amide bonds. The summed E-state index contributed by atoms with van der Waals surface area (Å²) in [6.45, 7) is 3.83. The van der Waals surface area contributed by atoms with E-state index in [2.05, 4.69) is 20.9 Å². The number of nitrogens with one attached hydrogen (secondary N) is 1. The minimum Gasteiger partial charge on any atom is -0.465 e. The summed E-state index contributed by atoms with van der Waals surface area (Å²) in [5, 5.41) is 0.953. The zero-order chi connectivity index (χ0) is 20.1. The number of carbonyl (C=O) groups is 2. The van der Waals surface area contributed by atoms with Crippen molar-refractivity contribution in [3.8, 4) is 0 Å². The number of hydrogen-bond acceptors (Lipinski definition) is 4. The van der Waals surface area contributed by atoms with Crippen LogP contribution in [0.5, 0.6) is 0 Å². The van der Waals surface area contributed by atoms with Gasteiger partial charge in [0, 0.05) is 27.5 Å². The monoisotopic (exact) mass is 443 g/mol. The molecule has 0 saturated carbocycles. The Balaban J connectivity index is 2.19. The zero-order valence-corrected chi connectivity index (χ0v) is 17.4. The maximum absolute atomic E-state index is 12.8. The van der Waals surface area contributed by atoms with Crippen molar-refractivity contribution in [2.75, 3.05) is 13.2 Å². The van der Waals surface area contributed by atoms with Crippen LogP contribution in [0.4, 0.5) is 0 Å². The average Bonchev–Trinajstić information content (AvgIpc) is 3.11. The summed E-state index contributed by atoms with van der Waals surface area (Å²) in [7, 11) is 0. The topological polar surface area (TPSA) is 68.4 Å². The van der Waals surface area contributed by atoms with Gasteiger partial charge in [-0.1, -0.05) is 46.3 Å². The quantitative estimate of drug-likeness (QED) is 0.420. The summed E-state index contributed by atoms with van der Waals surface area (Å²) in [6.07, 6.45) is 1.85. The Kier molecular flexibility index (Phi) is 6.52. The van der Waals surface area contributed by atoms with E-state index in [1.807, 2.05) is 54.7 Å². The van der Waals surface area contributed by atoms with Gasteiger partial charge in [0.05, 0.1) is 13.2 Å². The minimum atomic E-state index is -1.10. The number of ether oxygens (including phenoxy) is 2. The van der Waals surface area contributed by atoms with E-state index < -0.39 is 23.8 Å². The molecule has 0 aliphatic heterocycles. The lowest BCUT2D eigenvalue weighted by atomic mass is 9.80. The molecule has 0 fully saturated rings. The number of benzene rings is 2. The van der Waals surface area contributed by atoms with Gasteiger partial charge in [-0.3, -0.25) is 9.59 Å². The third-order valence-electron chi connectivity index (χ3n) is 4.60. The Bertz CT molecular complexity index is 946. The Morgan fingerprint density at radius 3 is 2.18 bits per heavy atom. The van der Waals surface area contributed by atoms with Gasteiger partial charge in [0.15, 0.2) is 5.92 Å². The van der Waals surface area contributed by atoms with E-state index in [4.69, 9.17) is 9.47 Å². The van der Waals surface area contributed by atoms with Gasteiger partial charge in [-0.05, 0) is 43.2 Å². The third-order valence-corrected chi connectivity index (χ3v) is 5.13. The smallest absolute Gasteiger partial charge is 0.321 e. The molecule has 1 atom stereocenters. The second kappa shape index (κ2) is 9.06. The van der Waals surface area contributed by atoms with Gasteiger partial charge in [0.2, 0.25) is 0 Å². The van der Waals surface area contributed by atoms with Crippen LogP contribution in [0, 0.1) is 5.92 Å². The van der Waals surface area contributed by atoms with Crippen molar-refractivity contribution in [2.24, 2.45) is 5.92 Å². The molecule has 3 aromatic rings. The maximum atomic E-state index is 12.8. The SMILES string of the molecule is CCOC(=O)C(C(=O)OCC)[C@@H](c1ccc(Br)cc1)c1c[nH]c2ccccc12. The highest BCUT2D eigenvalue weighted by Gasteiger charge is 2.40. The van der Waals surface area contributed by atoms with E-state index in [0.29, 0.717) is 0 Å². The number of esters is 2. The average molecular weight is 444 g/mol. The molecule has 0 aliphatic rings. The summed E-state index contributed by atoms with van der Waals surface area (Å²) in [6, 6.07) is 15.4. The Labute approximate surface area is 172 Å². The Morgan fingerprint density at radius 2 is 1.57 bits per heavy atom. The summed E-state index contributed by atoms with van der Waals surface area (Å²) in [4.78, 5) is 28.9. The first kappa shape index (κ1) is 20.1. The normalized spacial score (nSPS) is 12.1.